The number of aromatic nitrogens is 4. The van der Waals surface area contributed by atoms with Gasteiger partial charge in [0.05, 0.1) is 9.77 Å². The Hall–Kier alpha value is -1.22. The first kappa shape index (κ1) is 12.2. The zero-order valence-electron chi connectivity index (χ0n) is 9.55. The van der Waals surface area contributed by atoms with Crippen LogP contribution in [0.4, 0.5) is 5.82 Å². The van der Waals surface area contributed by atoms with Gasteiger partial charge in [0.15, 0.2) is 5.82 Å². The van der Waals surface area contributed by atoms with Crippen molar-refractivity contribution in [3.05, 3.63) is 27.9 Å². The largest absolute Gasteiger partial charge is 0.308 e. The van der Waals surface area contributed by atoms with Crippen LogP contribution in [-0.4, -0.2) is 19.7 Å². The molecule has 3 N–H and O–H groups in total. The zero-order chi connectivity index (χ0) is 12.4. The molecule has 2 heterocycles. The van der Waals surface area contributed by atoms with Gasteiger partial charge >= 0.3 is 0 Å². The van der Waals surface area contributed by atoms with Gasteiger partial charge in [-0.2, -0.15) is 5.10 Å². The van der Waals surface area contributed by atoms with Crippen molar-refractivity contribution in [2.24, 2.45) is 5.84 Å². The molecule has 0 spiro atoms. The number of nitrogens with one attached hydrogen (secondary N) is 1. The van der Waals surface area contributed by atoms with Gasteiger partial charge in [0, 0.05) is 11.8 Å². The molecule has 0 atom stereocenters. The summed E-state index contributed by atoms with van der Waals surface area (Å²) in [6, 6.07) is 0. The number of hydrogen-bond acceptors (Lipinski definition) is 5. The third kappa shape index (κ3) is 2.39. The van der Waals surface area contributed by atoms with Gasteiger partial charge < -0.3 is 5.43 Å². The maximum absolute atomic E-state index is 5.47. The number of nitrogen functional groups attached to an aromatic ring is 1. The number of rotatable bonds is 3. The molecule has 0 aliphatic carbocycles. The summed E-state index contributed by atoms with van der Waals surface area (Å²) in [6.07, 6.45) is 5.17. The molecule has 0 aromatic carbocycles. The van der Waals surface area contributed by atoms with E-state index in [-0.39, 0.29) is 5.92 Å². The fourth-order valence-electron chi connectivity index (χ4n) is 1.63. The normalized spacial score (nSPS) is 10.9. The summed E-state index contributed by atoms with van der Waals surface area (Å²) < 4.78 is 2.79. The average Bonchev–Trinajstić information content (AvgIpc) is 2.74. The van der Waals surface area contributed by atoms with Gasteiger partial charge in [0.1, 0.15) is 12.1 Å². The number of anilines is 1. The number of hydrogen-bond donors (Lipinski definition) is 2. The smallest absolute Gasteiger partial charge is 0.162 e. The predicted molar refractivity (Wildman–Crippen MR) is 73.8 cm³/mol. The zero-order valence-corrected chi connectivity index (χ0v) is 11.7. The molecule has 0 saturated carbocycles. The second-order valence-electron chi connectivity index (χ2n) is 3.86. The Labute approximate surface area is 113 Å². The van der Waals surface area contributed by atoms with E-state index in [9.17, 15) is 0 Å². The van der Waals surface area contributed by atoms with Crippen LogP contribution in [0.3, 0.4) is 0 Å². The van der Waals surface area contributed by atoms with Crippen molar-refractivity contribution in [1.29, 1.82) is 0 Å². The molecule has 90 valence electrons. The van der Waals surface area contributed by atoms with E-state index in [0.29, 0.717) is 5.82 Å². The van der Waals surface area contributed by atoms with Crippen LogP contribution in [0.25, 0.3) is 5.82 Å². The first-order valence-corrected chi connectivity index (χ1v) is 6.23. The summed E-state index contributed by atoms with van der Waals surface area (Å²) in [5, 5.41) is 4.25. The maximum Gasteiger partial charge on any atom is 0.162 e. The Morgan fingerprint density at radius 1 is 1.41 bits per heavy atom. The summed E-state index contributed by atoms with van der Waals surface area (Å²) in [7, 11) is 0. The highest BCUT2D eigenvalue weighted by atomic mass is 127. The summed E-state index contributed by atoms with van der Waals surface area (Å²) in [5.41, 5.74) is 3.55. The van der Waals surface area contributed by atoms with Crippen LogP contribution < -0.4 is 11.3 Å². The van der Waals surface area contributed by atoms with Crippen molar-refractivity contribution in [3.8, 4) is 5.82 Å². The molecule has 2 rings (SSSR count). The second kappa shape index (κ2) is 4.96. The van der Waals surface area contributed by atoms with Crippen LogP contribution in [0.2, 0.25) is 0 Å². The molecule has 0 bridgehead atoms. The van der Waals surface area contributed by atoms with Crippen molar-refractivity contribution in [2.45, 2.75) is 19.8 Å². The maximum atomic E-state index is 5.47. The number of nitrogens with two attached hydrogens (primary N) is 1. The van der Waals surface area contributed by atoms with Gasteiger partial charge in [-0.25, -0.2) is 20.5 Å². The van der Waals surface area contributed by atoms with E-state index in [2.05, 4.69) is 56.9 Å². The average molecular weight is 344 g/mol. The fraction of sp³-hybridized carbons (Fsp3) is 0.300. The third-order valence-electron chi connectivity index (χ3n) is 2.35. The fourth-order valence-corrected chi connectivity index (χ4v) is 2.02. The highest BCUT2D eigenvalue weighted by molar-refractivity contribution is 14.1. The van der Waals surface area contributed by atoms with Gasteiger partial charge in [0.2, 0.25) is 0 Å². The number of halogens is 1. The molecule has 0 aliphatic rings. The Balaban J connectivity index is 2.60. The Morgan fingerprint density at radius 2 is 2.18 bits per heavy atom. The number of hydrazine groups is 1. The van der Waals surface area contributed by atoms with Gasteiger partial charge in [-0.15, -0.1) is 0 Å². The lowest BCUT2D eigenvalue weighted by Crippen LogP contribution is -2.15. The quantitative estimate of drug-likeness (QED) is 0.503. The summed E-state index contributed by atoms with van der Waals surface area (Å²) in [4.78, 5) is 8.40. The Bertz CT molecular complexity index is 521. The summed E-state index contributed by atoms with van der Waals surface area (Å²) >= 11 is 2.21. The highest BCUT2D eigenvalue weighted by Gasteiger charge is 2.16. The minimum atomic E-state index is 0.249. The lowest BCUT2D eigenvalue weighted by atomic mass is 10.0. The van der Waals surface area contributed by atoms with Crippen LogP contribution in [-0.2, 0) is 0 Å². The second-order valence-corrected chi connectivity index (χ2v) is 5.11. The molecule has 0 radical (unpaired) electrons. The molecule has 2 aromatic rings. The lowest BCUT2D eigenvalue weighted by molar-refractivity contribution is 0.773. The number of nitrogens with zero attached hydrogens (tertiary/aromatic N) is 4. The molecule has 7 heteroatoms. The van der Waals surface area contributed by atoms with Crippen LogP contribution in [0.15, 0.2) is 18.7 Å². The van der Waals surface area contributed by atoms with Crippen molar-refractivity contribution in [3.63, 3.8) is 0 Å². The summed E-state index contributed by atoms with van der Waals surface area (Å²) in [6.45, 7) is 4.13. The minimum Gasteiger partial charge on any atom is -0.308 e. The van der Waals surface area contributed by atoms with Crippen molar-refractivity contribution in [2.75, 3.05) is 5.43 Å². The molecular formula is C10H13IN6. The third-order valence-corrected chi connectivity index (χ3v) is 2.90. The van der Waals surface area contributed by atoms with E-state index in [1.807, 2.05) is 6.20 Å². The minimum absolute atomic E-state index is 0.249. The van der Waals surface area contributed by atoms with Crippen LogP contribution in [0.1, 0.15) is 25.3 Å². The molecule has 0 fully saturated rings. The van der Waals surface area contributed by atoms with E-state index in [1.54, 1.807) is 10.9 Å². The van der Waals surface area contributed by atoms with Crippen LogP contribution in [0, 0.1) is 3.57 Å². The standard InChI is InChI=1S/C10H13IN6/c1-6(2)8-9(16-12)13-5-14-10(8)17-4-7(11)3-15-17/h3-6H,12H2,1-2H3,(H,13,14,16). The van der Waals surface area contributed by atoms with Gasteiger partial charge in [-0.05, 0) is 28.5 Å². The molecule has 0 aliphatic heterocycles. The van der Waals surface area contributed by atoms with E-state index in [0.717, 1.165) is 15.0 Å². The van der Waals surface area contributed by atoms with Gasteiger partial charge in [-0.1, -0.05) is 13.8 Å². The summed E-state index contributed by atoms with van der Waals surface area (Å²) in [5.74, 6) is 7.11. The molecule has 0 amide bonds. The molecule has 6 nitrogen and oxygen atoms in total. The van der Waals surface area contributed by atoms with Crippen LogP contribution >= 0.6 is 22.6 Å². The van der Waals surface area contributed by atoms with Gasteiger partial charge in [-0.3, -0.25) is 0 Å². The van der Waals surface area contributed by atoms with E-state index in [4.69, 9.17) is 5.84 Å². The first-order chi connectivity index (χ1) is 8.13. The molecule has 0 unspecified atom stereocenters. The van der Waals surface area contributed by atoms with Crippen molar-refractivity contribution < 1.29 is 0 Å². The monoisotopic (exact) mass is 344 g/mol. The molecular weight excluding hydrogens is 331 g/mol. The highest BCUT2D eigenvalue weighted by Crippen LogP contribution is 2.26. The molecule has 0 saturated heterocycles. The van der Waals surface area contributed by atoms with Crippen molar-refractivity contribution >= 4 is 28.4 Å². The van der Waals surface area contributed by atoms with Gasteiger partial charge in [0.25, 0.3) is 0 Å². The van der Waals surface area contributed by atoms with E-state index < -0.39 is 0 Å². The molecule has 17 heavy (non-hydrogen) atoms. The first-order valence-electron chi connectivity index (χ1n) is 5.15. The van der Waals surface area contributed by atoms with Crippen LogP contribution in [0.5, 0.6) is 0 Å². The van der Waals surface area contributed by atoms with Crippen molar-refractivity contribution in [1.82, 2.24) is 19.7 Å². The van der Waals surface area contributed by atoms with E-state index >= 15 is 0 Å². The SMILES string of the molecule is CC(C)c1c(NN)ncnc1-n1cc(I)cn1. The van der Waals surface area contributed by atoms with E-state index in [1.165, 1.54) is 6.33 Å². The lowest BCUT2D eigenvalue weighted by Gasteiger charge is -2.14. The topological polar surface area (TPSA) is 81.6 Å². The molecule has 2 aromatic heterocycles. The predicted octanol–water partition coefficient (Wildman–Crippen LogP) is 1.68. The Kier molecular flexibility index (Phi) is 3.57. The Morgan fingerprint density at radius 3 is 2.71 bits per heavy atom.